The molecule has 2 aromatic rings. The molecule has 1 fully saturated rings. The topological polar surface area (TPSA) is 87.2 Å². The maximum absolute atomic E-state index is 13.4. The number of para-hydroxylation sites is 2. The predicted octanol–water partition coefficient (Wildman–Crippen LogP) is 3.28. The van der Waals surface area contributed by atoms with Crippen LogP contribution in [0.15, 0.2) is 60.7 Å². The second-order valence-corrected chi connectivity index (χ2v) is 6.58. The van der Waals surface area contributed by atoms with Crippen LogP contribution in [0.4, 0.5) is 16.2 Å². The number of carbonyl (C=O) groups is 3. The zero-order valence-corrected chi connectivity index (χ0v) is 15.5. The van der Waals surface area contributed by atoms with E-state index in [2.05, 4.69) is 0 Å². The summed E-state index contributed by atoms with van der Waals surface area (Å²) in [5.41, 5.74) is 1.27. The maximum atomic E-state index is 13.4. The van der Waals surface area contributed by atoms with E-state index >= 15 is 0 Å². The fraction of sp³-hybridized carbons (Fsp3) is 0.286. The van der Waals surface area contributed by atoms with Crippen molar-refractivity contribution in [2.75, 3.05) is 18.6 Å². The lowest BCUT2D eigenvalue weighted by Crippen LogP contribution is -2.54. The van der Waals surface area contributed by atoms with E-state index in [0.717, 1.165) is 0 Å². The molecule has 2 unspecified atom stereocenters. The van der Waals surface area contributed by atoms with Gasteiger partial charge in [0.25, 0.3) is 0 Å². The van der Waals surface area contributed by atoms with Gasteiger partial charge in [0.15, 0.2) is 0 Å². The number of nitrogens with zero attached hydrogens (tertiary/aromatic N) is 2. The van der Waals surface area contributed by atoms with Crippen molar-refractivity contribution in [1.29, 1.82) is 0 Å². The van der Waals surface area contributed by atoms with Gasteiger partial charge in [-0.25, -0.2) is 9.59 Å². The number of carboxylic acid groups (broad SMARTS) is 1. The summed E-state index contributed by atoms with van der Waals surface area (Å²) in [7, 11) is 1.28. The number of ether oxygens (including phenoxy) is 1. The molecule has 3 rings (SSSR count). The van der Waals surface area contributed by atoms with Crippen molar-refractivity contribution in [3.8, 4) is 0 Å². The third kappa shape index (κ3) is 3.98. The zero-order chi connectivity index (χ0) is 20.1. The molecule has 1 saturated heterocycles. The van der Waals surface area contributed by atoms with Crippen molar-refractivity contribution >= 4 is 29.3 Å². The first-order chi connectivity index (χ1) is 13.5. The highest BCUT2D eigenvalue weighted by Gasteiger charge is 2.41. The summed E-state index contributed by atoms with van der Waals surface area (Å²) < 4.78 is 4.75. The van der Waals surface area contributed by atoms with Gasteiger partial charge >= 0.3 is 18.0 Å². The molecule has 7 nitrogen and oxygen atoms in total. The molecule has 0 bridgehead atoms. The molecule has 0 aliphatic carbocycles. The number of amides is 2. The summed E-state index contributed by atoms with van der Waals surface area (Å²) in [5.74, 6) is -2.11. The summed E-state index contributed by atoms with van der Waals surface area (Å²) in [6, 6.07) is 16.6. The molecule has 2 amide bonds. The lowest BCUT2D eigenvalue weighted by atomic mass is 9.91. The SMILES string of the molecule is COC(=O)C1CCN(C(=O)N(c2ccccc2)c2ccccc2)C(C(=O)O)C1. The number of benzene rings is 2. The van der Waals surface area contributed by atoms with Crippen LogP contribution in [0, 0.1) is 5.92 Å². The number of rotatable bonds is 4. The number of piperidine rings is 1. The van der Waals surface area contributed by atoms with E-state index in [1.165, 1.54) is 16.9 Å². The Kier molecular flexibility index (Phi) is 5.93. The Labute approximate surface area is 163 Å². The number of anilines is 2. The molecule has 0 radical (unpaired) electrons. The van der Waals surface area contributed by atoms with E-state index in [-0.39, 0.29) is 13.0 Å². The normalized spacial score (nSPS) is 19.0. The van der Waals surface area contributed by atoms with Gasteiger partial charge in [0.2, 0.25) is 0 Å². The highest BCUT2D eigenvalue weighted by molar-refractivity contribution is 6.01. The molecular weight excluding hydrogens is 360 g/mol. The van der Waals surface area contributed by atoms with Gasteiger partial charge in [-0.15, -0.1) is 0 Å². The maximum Gasteiger partial charge on any atom is 0.329 e. The van der Waals surface area contributed by atoms with Gasteiger partial charge in [-0.05, 0) is 37.1 Å². The van der Waals surface area contributed by atoms with Crippen molar-refractivity contribution in [3.05, 3.63) is 60.7 Å². The van der Waals surface area contributed by atoms with E-state index in [1.54, 1.807) is 24.3 Å². The Hall–Kier alpha value is -3.35. The smallest absolute Gasteiger partial charge is 0.329 e. The Balaban J connectivity index is 1.94. The molecule has 0 aromatic heterocycles. The molecule has 2 atom stereocenters. The largest absolute Gasteiger partial charge is 0.480 e. The van der Waals surface area contributed by atoms with Crippen molar-refractivity contribution in [2.24, 2.45) is 5.92 Å². The van der Waals surface area contributed by atoms with Gasteiger partial charge in [0.05, 0.1) is 24.4 Å². The number of carbonyl (C=O) groups excluding carboxylic acids is 2. The average Bonchev–Trinajstić information content (AvgIpc) is 2.74. The minimum atomic E-state index is -1.14. The number of hydrogen-bond donors (Lipinski definition) is 1. The molecule has 0 spiro atoms. The van der Waals surface area contributed by atoms with Gasteiger partial charge < -0.3 is 14.7 Å². The third-order valence-electron chi connectivity index (χ3n) is 4.89. The van der Waals surface area contributed by atoms with Gasteiger partial charge in [0, 0.05) is 6.54 Å². The first kappa shape index (κ1) is 19.4. The zero-order valence-electron chi connectivity index (χ0n) is 15.5. The van der Waals surface area contributed by atoms with Crippen LogP contribution in [0.2, 0.25) is 0 Å². The number of hydrogen-bond acceptors (Lipinski definition) is 4. The first-order valence-electron chi connectivity index (χ1n) is 9.04. The molecule has 7 heteroatoms. The molecular formula is C21H22N2O5. The van der Waals surface area contributed by atoms with Crippen LogP contribution in [0.3, 0.4) is 0 Å². The van der Waals surface area contributed by atoms with E-state index < -0.39 is 29.9 Å². The van der Waals surface area contributed by atoms with Crippen LogP contribution < -0.4 is 4.90 Å². The number of carboxylic acids is 1. The number of aliphatic carboxylic acids is 1. The summed E-state index contributed by atoms with van der Waals surface area (Å²) in [4.78, 5) is 40.0. The van der Waals surface area contributed by atoms with Crippen molar-refractivity contribution < 1.29 is 24.2 Å². The Morgan fingerprint density at radius 1 is 1.00 bits per heavy atom. The van der Waals surface area contributed by atoms with Crippen molar-refractivity contribution in [3.63, 3.8) is 0 Å². The fourth-order valence-corrected chi connectivity index (χ4v) is 3.46. The van der Waals surface area contributed by atoms with Crippen LogP contribution >= 0.6 is 0 Å². The van der Waals surface area contributed by atoms with E-state index in [0.29, 0.717) is 17.8 Å². The summed E-state index contributed by atoms with van der Waals surface area (Å²) in [6.45, 7) is 0.158. The van der Waals surface area contributed by atoms with E-state index in [4.69, 9.17) is 4.74 Å². The van der Waals surface area contributed by atoms with Gasteiger partial charge in [-0.3, -0.25) is 9.69 Å². The van der Waals surface area contributed by atoms with Crippen molar-refractivity contribution in [2.45, 2.75) is 18.9 Å². The molecule has 1 N–H and O–H groups in total. The summed E-state index contributed by atoms with van der Waals surface area (Å²) >= 11 is 0. The van der Waals surface area contributed by atoms with Gasteiger partial charge in [-0.2, -0.15) is 0 Å². The van der Waals surface area contributed by atoms with E-state index in [1.807, 2.05) is 36.4 Å². The van der Waals surface area contributed by atoms with Gasteiger partial charge in [0.1, 0.15) is 6.04 Å². The molecule has 1 aliphatic rings. The van der Waals surface area contributed by atoms with Gasteiger partial charge in [-0.1, -0.05) is 36.4 Å². The monoisotopic (exact) mass is 382 g/mol. The lowest BCUT2D eigenvalue weighted by Gasteiger charge is -2.39. The minimum absolute atomic E-state index is 0.0329. The highest BCUT2D eigenvalue weighted by Crippen LogP contribution is 2.31. The molecule has 1 heterocycles. The number of esters is 1. The van der Waals surface area contributed by atoms with Crippen LogP contribution in [-0.4, -0.2) is 47.7 Å². The predicted molar refractivity (Wildman–Crippen MR) is 103 cm³/mol. The molecule has 146 valence electrons. The molecule has 28 heavy (non-hydrogen) atoms. The Morgan fingerprint density at radius 3 is 2.00 bits per heavy atom. The fourth-order valence-electron chi connectivity index (χ4n) is 3.46. The molecule has 0 saturated carbocycles. The average molecular weight is 382 g/mol. The molecule has 1 aliphatic heterocycles. The second-order valence-electron chi connectivity index (χ2n) is 6.58. The molecule has 2 aromatic carbocycles. The van der Waals surface area contributed by atoms with Crippen LogP contribution in [0.1, 0.15) is 12.8 Å². The first-order valence-corrected chi connectivity index (χ1v) is 9.04. The number of methoxy groups -OCH3 is 1. The minimum Gasteiger partial charge on any atom is -0.480 e. The lowest BCUT2D eigenvalue weighted by molar-refractivity contribution is -0.151. The standard InChI is InChI=1S/C21H22N2O5/c1-28-20(26)15-12-13-22(18(14-15)19(24)25)21(27)23(16-8-4-2-5-9-16)17-10-6-3-7-11-17/h2-11,15,18H,12-14H2,1H3,(H,24,25). The number of likely N-dealkylation sites (tertiary alicyclic amines) is 1. The Morgan fingerprint density at radius 2 is 1.54 bits per heavy atom. The van der Waals surface area contributed by atoms with Crippen LogP contribution in [0.5, 0.6) is 0 Å². The Bertz CT molecular complexity index is 801. The third-order valence-corrected chi connectivity index (χ3v) is 4.89. The van der Waals surface area contributed by atoms with Crippen LogP contribution in [-0.2, 0) is 14.3 Å². The number of urea groups is 1. The van der Waals surface area contributed by atoms with E-state index in [9.17, 15) is 19.5 Å². The van der Waals surface area contributed by atoms with Crippen molar-refractivity contribution in [1.82, 2.24) is 4.90 Å². The quantitative estimate of drug-likeness (QED) is 0.820. The summed E-state index contributed by atoms with van der Waals surface area (Å²) in [5, 5.41) is 9.69. The highest BCUT2D eigenvalue weighted by atomic mass is 16.5. The van der Waals surface area contributed by atoms with Crippen LogP contribution in [0.25, 0.3) is 0 Å². The second kappa shape index (κ2) is 8.56. The summed E-state index contributed by atoms with van der Waals surface area (Å²) in [6.07, 6.45) is 0.394.